The van der Waals surface area contributed by atoms with Crippen molar-refractivity contribution in [3.8, 4) is 0 Å². The molecular weight excluding hydrogens is 296 g/mol. The molecular formula is C18H29ClN2O. The van der Waals surface area contributed by atoms with Crippen LogP contribution in [0, 0.1) is 11.3 Å². The number of nitrogens with two attached hydrogens (primary N) is 1. The Kier molecular flexibility index (Phi) is 6.89. The third kappa shape index (κ3) is 3.82. The second kappa shape index (κ2) is 7.98. The Morgan fingerprint density at radius 2 is 1.86 bits per heavy atom. The Hall–Kier alpha value is -1.06. The zero-order valence-corrected chi connectivity index (χ0v) is 14.7. The van der Waals surface area contributed by atoms with E-state index in [2.05, 4.69) is 13.8 Å². The summed E-state index contributed by atoms with van der Waals surface area (Å²) in [5.74, 6) is 0.0343. The van der Waals surface area contributed by atoms with Gasteiger partial charge in [0.05, 0.1) is 5.92 Å². The van der Waals surface area contributed by atoms with E-state index < -0.39 is 0 Å². The summed E-state index contributed by atoms with van der Waals surface area (Å²) >= 11 is 0. The van der Waals surface area contributed by atoms with Gasteiger partial charge >= 0.3 is 0 Å². The van der Waals surface area contributed by atoms with E-state index in [0.717, 1.165) is 37.9 Å². The summed E-state index contributed by atoms with van der Waals surface area (Å²) in [4.78, 5) is 14.8. The first-order valence-electron chi connectivity index (χ1n) is 8.12. The molecule has 1 aliphatic heterocycles. The molecule has 1 heterocycles. The first-order valence-corrected chi connectivity index (χ1v) is 8.12. The summed E-state index contributed by atoms with van der Waals surface area (Å²) in [6.45, 7) is 8.20. The number of rotatable bonds is 5. The van der Waals surface area contributed by atoms with E-state index in [1.165, 1.54) is 0 Å². The lowest BCUT2D eigenvalue weighted by molar-refractivity contribution is -0.135. The maximum atomic E-state index is 12.7. The Balaban J connectivity index is 0.00000242. The van der Waals surface area contributed by atoms with Crippen molar-refractivity contribution in [3.05, 3.63) is 35.9 Å². The molecule has 22 heavy (non-hydrogen) atoms. The van der Waals surface area contributed by atoms with E-state index in [0.29, 0.717) is 5.41 Å². The molecule has 1 aliphatic rings. The third-order valence-electron chi connectivity index (χ3n) is 5.36. The highest BCUT2D eigenvalue weighted by Gasteiger charge is 2.39. The number of carbonyl (C=O) groups is 1. The molecule has 1 aromatic carbocycles. The van der Waals surface area contributed by atoms with Crippen molar-refractivity contribution in [1.82, 2.24) is 4.90 Å². The summed E-state index contributed by atoms with van der Waals surface area (Å²) in [6, 6.07) is 9.70. The predicted octanol–water partition coefficient (Wildman–Crippen LogP) is 3.78. The number of hydrogen-bond donors (Lipinski definition) is 1. The average molecular weight is 325 g/mol. The summed E-state index contributed by atoms with van der Waals surface area (Å²) in [5.41, 5.74) is 7.65. The number of nitrogens with zero attached hydrogens (tertiary/aromatic N) is 1. The number of hydrogen-bond acceptors (Lipinski definition) is 2. The molecule has 2 unspecified atom stereocenters. The van der Waals surface area contributed by atoms with Gasteiger partial charge < -0.3 is 10.6 Å². The smallest absolute Gasteiger partial charge is 0.227 e. The molecule has 1 fully saturated rings. The number of likely N-dealkylation sites (tertiary alicyclic amines) is 1. The fourth-order valence-corrected chi connectivity index (χ4v) is 3.36. The van der Waals surface area contributed by atoms with Crippen molar-refractivity contribution in [3.63, 3.8) is 0 Å². The fraction of sp³-hybridized carbons (Fsp3) is 0.611. The van der Waals surface area contributed by atoms with Crippen molar-refractivity contribution >= 4 is 18.3 Å². The molecule has 0 radical (unpaired) electrons. The quantitative estimate of drug-likeness (QED) is 0.895. The Morgan fingerprint density at radius 1 is 1.27 bits per heavy atom. The van der Waals surface area contributed by atoms with E-state index >= 15 is 0 Å². The summed E-state index contributed by atoms with van der Waals surface area (Å²) in [7, 11) is 0. The molecule has 2 rings (SSSR count). The zero-order valence-electron chi connectivity index (χ0n) is 13.9. The largest absolute Gasteiger partial charge is 0.342 e. The van der Waals surface area contributed by atoms with E-state index in [1.54, 1.807) is 0 Å². The number of benzene rings is 1. The lowest BCUT2D eigenvalue weighted by atomic mass is 9.82. The van der Waals surface area contributed by atoms with Crippen LogP contribution in [0.1, 0.15) is 51.6 Å². The van der Waals surface area contributed by atoms with E-state index in [9.17, 15) is 4.79 Å². The molecule has 1 amide bonds. The fourth-order valence-electron chi connectivity index (χ4n) is 3.36. The Morgan fingerprint density at radius 3 is 2.36 bits per heavy atom. The van der Waals surface area contributed by atoms with Gasteiger partial charge in [-0.1, -0.05) is 51.1 Å². The van der Waals surface area contributed by atoms with Crippen LogP contribution in [-0.4, -0.2) is 23.9 Å². The van der Waals surface area contributed by atoms with Crippen molar-refractivity contribution < 1.29 is 4.79 Å². The highest BCUT2D eigenvalue weighted by molar-refractivity contribution is 5.85. The van der Waals surface area contributed by atoms with Gasteiger partial charge in [-0.25, -0.2) is 0 Å². The van der Waals surface area contributed by atoms with Crippen molar-refractivity contribution in [2.45, 2.75) is 46.1 Å². The van der Waals surface area contributed by atoms with Crippen LogP contribution in [0.5, 0.6) is 0 Å². The van der Waals surface area contributed by atoms with Gasteiger partial charge in [0.1, 0.15) is 0 Å². The summed E-state index contributed by atoms with van der Waals surface area (Å²) in [5, 5.41) is 0. The van der Waals surface area contributed by atoms with E-state index in [-0.39, 0.29) is 30.3 Å². The Bertz CT molecular complexity index is 473. The number of halogens is 1. The Labute approximate surface area is 140 Å². The van der Waals surface area contributed by atoms with Gasteiger partial charge in [0.15, 0.2) is 0 Å². The van der Waals surface area contributed by atoms with Crippen molar-refractivity contribution in [2.75, 3.05) is 13.1 Å². The van der Waals surface area contributed by atoms with Gasteiger partial charge in [-0.15, -0.1) is 12.4 Å². The van der Waals surface area contributed by atoms with E-state index in [1.807, 2.05) is 42.2 Å². The number of amides is 1. The molecule has 1 aromatic rings. The monoisotopic (exact) mass is 324 g/mol. The van der Waals surface area contributed by atoms with E-state index in [4.69, 9.17) is 5.73 Å². The minimum absolute atomic E-state index is 0. The highest BCUT2D eigenvalue weighted by atomic mass is 35.5. The summed E-state index contributed by atoms with van der Waals surface area (Å²) in [6.07, 6.45) is 3.41. The van der Waals surface area contributed by atoms with Crippen LogP contribution in [0.2, 0.25) is 0 Å². The molecule has 0 aromatic heterocycles. The second-order valence-corrected chi connectivity index (χ2v) is 6.44. The molecule has 0 saturated carbocycles. The van der Waals surface area contributed by atoms with Crippen LogP contribution >= 0.6 is 12.4 Å². The van der Waals surface area contributed by atoms with Crippen LogP contribution in [0.4, 0.5) is 0 Å². The average Bonchev–Trinajstić information content (AvgIpc) is 2.98. The van der Waals surface area contributed by atoms with Crippen molar-refractivity contribution in [1.29, 1.82) is 0 Å². The SMILES string of the molecule is CCC1(CC)CCN(C(=O)C(C)C(N)c2ccccc2)C1.Cl. The van der Waals surface area contributed by atoms with Crippen LogP contribution < -0.4 is 5.73 Å². The lowest BCUT2D eigenvalue weighted by Gasteiger charge is -2.29. The van der Waals surface area contributed by atoms with Gasteiger partial charge in [0, 0.05) is 19.1 Å². The molecule has 3 nitrogen and oxygen atoms in total. The van der Waals surface area contributed by atoms with Crippen LogP contribution in [0.15, 0.2) is 30.3 Å². The first kappa shape index (κ1) is 19.0. The topological polar surface area (TPSA) is 46.3 Å². The van der Waals surface area contributed by atoms with Crippen LogP contribution in [0.25, 0.3) is 0 Å². The van der Waals surface area contributed by atoms with Gasteiger partial charge in [0.2, 0.25) is 5.91 Å². The maximum absolute atomic E-state index is 12.7. The highest BCUT2D eigenvalue weighted by Crippen LogP contribution is 2.38. The second-order valence-electron chi connectivity index (χ2n) is 6.44. The number of carbonyl (C=O) groups excluding carboxylic acids is 1. The minimum atomic E-state index is -0.225. The van der Waals surface area contributed by atoms with Crippen LogP contribution in [0.3, 0.4) is 0 Å². The molecule has 1 saturated heterocycles. The molecule has 0 aliphatic carbocycles. The van der Waals surface area contributed by atoms with Crippen LogP contribution in [-0.2, 0) is 4.79 Å². The molecule has 0 spiro atoms. The minimum Gasteiger partial charge on any atom is -0.342 e. The summed E-state index contributed by atoms with van der Waals surface area (Å²) < 4.78 is 0. The van der Waals surface area contributed by atoms with Gasteiger partial charge in [0.25, 0.3) is 0 Å². The van der Waals surface area contributed by atoms with Gasteiger partial charge in [-0.05, 0) is 30.2 Å². The van der Waals surface area contributed by atoms with Gasteiger partial charge in [-0.3, -0.25) is 4.79 Å². The van der Waals surface area contributed by atoms with Gasteiger partial charge in [-0.2, -0.15) is 0 Å². The third-order valence-corrected chi connectivity index (χ3v) is 5.36. The molecule has 4 heteroatoms. The van der Waals surface area contributed by atoms with Crippen molar-refractivity contribution in [2.24, 2.45) is 17.1 Å². The molecule has 124 valence electrons. The standard InChI is InChI=1S/C18H28N2O.ClH/c1-4-18(5-2)11-12-20(13-18)17(21)14(3)16(19)15-9-7-6-8-10-15;/h6-10,14,16H,4-5,11-13,19H2,1-3H3;1H. The molecule has 0 bridgehead atoms. The molecule has 2 N–H and O–H groups in total. The maximum Gasteiger partial charge on any atom is 0.227 e. The normalized spacial score (nSPS) is 19.4. The predicted molar refractivity (Wildman–Crippen MR) is 94.0 cm³/mol. The lowest BCUT2D eigenvalue weighted by Crippen LogP contribution is -2.39. The first-order chi connectivity index (χ1) is 10.0. The molecule has 2 atom stereocenters. The zero-order chi connectivity index (χ0) is 15.5.